The largest absolute Gasteiger partial charge is 0.507 e. The fraction of sp³-hybridized carbons (Fsp3) is 0.286. The van der Waals surface area contributed by atoms with Crippen LogP contribution in [0.15, 0.2) is 53.3 Å². The molecular weight excluding hydrogens is 328 g/mol. The van der Waals surface area contributed by atoms with Crippen molar-refractivity contribution in [1.82, 2.24) is 9.80 Å². The lowest BCUT2D eigenvalue weighted by atomic mass is 10.0. The minimum absolute atomic E-state index is 0.0562. The second-order valence-electron chi connectivity index (χ2n) is 6.81. The van der Waals surface area contributed by atoms with Crippen molar-refractivity contribution in [3.63, 3.8) is 0 Å². The van der Waals surface area contributed by atoms with E-state index in [0.717, 1.165) is 48.4 Å². The fourth-order valence-electron chi connectivity index (χ4n) is 3.63. The van der Waals surface area contributed by atoms with Crippen LogP contribution in [-0.4, -0.2) is 54.0 Å². The molecule has 0 saturated carbocycles. The van der Waals surface area contributed by atoms with Gasteiger partial charge in [0.05, 0.1) is 18.9 Å². The number of piperazine rings is 1. The molecule has 26 heavy (non-hydrogen) atoms. The highest BCUT2D eigenvalue weighted by Crippen LogP contribution is 2.47. The van der Waals surface area contributed by atoms with Crippen LogP contribution in [-0.2, 0) is 11.2 Å². The van der Waals surface area contributed by atoms with Gasteiger partial charge in [0.1, 0.15) is 5.75 Å². The van der Waals surface area contributed by atoms with Gasteiger partial charge in [-0.25, -0.2) is 0 Å². The maximum atomic E-state index is 12.8. The summed E-state index contributed by atoms with van der Waals surface area (Å²) in [6.07, 6.45) is 3.42. The number of hydrogen-bond acceptors (Lipinski definition) is 4. The van der Waals surface area contributed by atoms with Crippen molar-refractivity contribution < 1.29 is 14.3 Å². The van der Waals surface area contributed by atoms with Gasteiger partial charge in [-0.1, -0.05) is 30.3 Å². The van der Waals surface area contributed by atoms with Crippen LogP contribution in [0.5, 0.6) is 5.75 Å². The Hall–Kier alpha value is -2.79. The van der Waals surface area contributed by atoms with Crippen LogP contribution in [0.25, 0.3) is 22.3 Å². The molecule has 1 aromatic rings. The van der Waals surface area contributed by atoms with Gasteiger partial charge in [-0.05, 0) is 24.2 Å². The minimum Gasteiger partial charge on any atom is -0.507 e. The van der Waals surface area contributed by atoms with E-state index < -0.39 is 0 Å². The fourth-order valence-corrected chi connectivity index (χ4v) is 3.63. The lowest BCUT2D eigenvalue weighted by Gasteiger charge is -2.32. The number of hydrogen-bond donors (Lipinski definition) is 1. The number of rotatable bonds is 3. The van der Waals surface area contributed by atoms with Crippen LogP contribution in [0.3, 0.4) is 0 Å². The third kappa shape index (κ3) is 2.95. The van der Waals surface area contributed by atoms with Crippen molar-refractivity contribution in [3.8, 4) is 28.0 Å². The van der Waals surface area contributed by atoms with E-state index in [1.54, 1.807) is 12.5 Å². The Morgan fingerprint density at radius 3 is 2.54 bits per heavy atom. The molecule has 2 heterocycles. The quantitative estimate of drug-likeness (QED) is 0.789. The van der Waals surface area contributed by atoms with Crippen LogP contribution in [0.1, 0.15) is 5.56 Å². The predicted octanol–water partition coefficient (Wildman–Crippen LogP) is 3.07. The normalized spacial score (nSPS) is 15.5. The summed E-state index contributed by atoms with van der Waals surface area (Å²) in [5.74, 6) is 0.232. The molecule has 0 atom stereocenters. The number of nitrogens with zero attached hydrogens (tertiary/aromatic N) is 2. The van der Waals surface area contributed by atoms with Crippen molar-refractivity contribution in [2.75, 3.05) is 33.2 Å². The molecule has 0 radical (unpaired) electrons. The molecule has 0 aromatic heterocycles. The smallest absolute Gasteiger partial charge is 0.227 e. The van der Waals surface area contributed by atoms with Gasteiger partial charge in [-0.15, -0.1) is 0 Å². The number of amides is 1. The number of likely N-dealkylation sites (N-methyl/N-ethyl adjacent to an activating group) is 1. The molecule has 1 fully saturated rings. The van der Waals surface area contributed by atoms with E-state index in [9.17, 15) is 9.90 Å². The third-order valence-electron chi connectivity index (χ3n) is 5.15. The molecule has 1 saturated heterocycles. The lowest BCUT2D eigenvalue weighted by Crippen LogP contribution is -2.47. The molecule has 0 unspecified atom stereocenters. The topological polar surface area (TPSA) is 56.9 Å². The first-order valence-corrected chi connectivity index (χ1v) is 8.86. The Morgan fingerprint density at radius 2 is 1.81 bits per heavy atom. The Labute approximate surface area is 152 Å². The highest BCUT2D eigenvalue weighted by atomic mass is 16.3. The maximum Gasteiger partial charge on any atom is 0.227 e. The van der Waals surface area contributed by atoms with Gasteiger partial charge in [0.2, 0.25) is 5.91 Å². The Kier molecular flexibility index (Phi) is 4.39. The van der Waals surface area contributed by atoms with E-state index in [4.69, 9.17) is 4.42 Å². The van der Waals surface area contributed by atoms with Gasteiger partial charge in [0.15, 0.2) is 0 Å². The van der Waals surface area contributed by atoms with E-state index in [1.807, 2.05) is 41.3 Å². The SMILES string of the molecule is CN1CCN(C(=O)Cc2c3ccocc-3c(-c3ccccc3)c2O)CC1. The maximum absolute atomic E-state index is 12.8. The molecule has 3 aliphatic rings. The zero-order valence-corrected chi connectivity index (χ0v) is 14.8. The Bertz CT molecular complexity index is 880. The molecule has 134 valence electrons. The highest BCUT2D eigenvalue weighted by molar-refractivity contribution is 5.96. The van der Waals surface area contributed by atoms with Gasteiger partial charge in [-0.3, -0.25) is 4.79 Å². The number of carbonyl (C=O) groups excluding carboxylic acids is 1. The summed E-state index contributed by atoms with van der Waals surface area (Å²) in [7, 11) is 2.06. The monoisotopic (exact) mass is 350 g/mol. The molecule has 1 aliphatic carbocycles. The van der Waals surface area contributed by atoms with Gasteiger partial charge in [0.25, 0.3) is 0 Å². The standard InChI is InChI=1S/C21H22N2O3/c1-22-8-10-23(11-9-22)19(24)13-17-16-7-12-26-14-18(16)20(21(17)25)15-5-3-2-4-6-15/h2-7,12,14,25H,8-11,13H2,1H3. The van der Waals surface area contributed by atoms with E-state index in [2.05, 4.69) is 11.9 Å². The summed E-state index contributed by atoms with van der Waals surface area (Å²) >= 11 is 0. The number of fused-ring (bicyclic) bond motifs is 1. The summed E-state index contributed by atoms with van der Waals surface area (Å²) in [4.78, 5) is 16.9. The second kappa shape index (κ2) is 6.84. The van der Waals surface area contributed by atoms with Gasteiger partial charge < -0.3 is 19.3 Å². The molecule has 5 nitrogen and oxygen atoms in total. The van der Waals surface area contributed by atoms with Gasteiger partial charge >= 0.3 is 0 Å². The second-order valence-corrected chi connectivity index (χ2v) is 6.81. The van der Waals surface area contributed by atoms with Crippen LogP contribution in [0.4, 0.5) is 0 Å². The molecule has 1 aromatic carbocycles. The number of benzene rings is 1. The molecule has 1 amide bonds. The van der Waals surface area contributed by atoms with Crippen molar-refractivity contribution >= 4 is 5.91 Å². The minimum atomic E-state index is 0.0562. The van der Waals surface area contributed by atoms with Crippen molar-refractivity contribution in [2.45, 2.75) is 6.42 Å². The first-order valence-electron chi connectivity index (χ1n) is 8.86. The summed E-state index contributed by atoms with van der Waals surface area (Å²) in [6, 6.07) is 11.5. The summed E-state index contributed by atoms with van der Waals surface area (Å²) in [5.41, 5.74) is 4.02. The zero-order chi connectivity index (χ0) is 18.1. The van der Waals surface area contributed by atoms with E-state index in [-0.39, 0.29) is 18.1 Å². The average Bonchev–Trinajstić information content (AvgIpc) is 2.95. The molecular formula is C21H22N2O3. The number of carbonyl (C=O) groups is 1. The predicted molar refractivity (Wildman–Crippen MR) is 100 cm³/mol. The van der Waals surface area contributed by atoms with E-state index in [1.165, 1.54) is 0 Å². The average molecular weight is 350 g/mol. The number of aromatic hydroxyl groups is 1. The van der Waals surface area contributed by atoms with Crippen molar-refractivity contribution in [2.24, 2.45) is 0 Å². The molecule has 1 N–H and O–H groups in total. The van der Waals surface area contributed by atoms with Crippen molar-refractivity contribution in [1.29, 1.82) is 0 Å². The Balaban J connectivity index is 1.70. The molecule has 0 bridgehead atoms. The van der Waals surface area contributed by atoms with Gasteiger partial charge in [0, 0.05) is 42.9 Å². The molecule has 0 spiro atoms. The van der Waals surface area contributed by atoms with E-state index >= 15 is 0 Å². The summed E-state index contributed by atoms with van der Waals surface area (Å²) in [6.45, 7) is 3.23. The van der Waals surface area contributed by atoms with Crippen LogP contribution in [0.2, 0.25) is 0 Å². The third-order valence-corrected chi connectivity index (χ3v) is 5.15. The Morgan fingerprint density at radius 1 is 1.08 bits per heavy atom. The molecule has 5 heteroatoms. The summed E-state index contributed by atoms with van der Waals surface area (Å²) in [5, 5.41) is 10.9. The zero-order valence-electron chi connectivity index (χ0n) is 14.8. The first kappa shape index (κ1) is 16.7. The van der Waals surface area contributed by atoms with Crippen LogP contribution < -0.4 is 0 Å². The first-order chi connectivity index (χ1) is 12.6. The lowest BCUT2D eigenvalue weighted by molar-refractivity contribution is -0.132. The molecule has 4 rings (SSSR count). The van der Waals surface area contributed by atoms with Crippen molar-refractivity contribution in [3.05, 3.63) is 54.5 Å². The highest BCUT2D eigenvalue weighted by Gasteiger charge is 2.28. The van der Waals surface area contributed by atoms with Crippen LogP contribution >= 0.6 is 0 Å². The molecule has 2 aliphatic heterocycles. The van der Waals surface area contributed by atoms with Crippen LogP contribution in [0, 0.1) is 0 Å². The van der Waals surface area contributed by atoms with E-state index in [0.29, 0.717) is 5.56 Å². The summed E-state index contributed by atoms with van der Waals surface area (Å²) < 4.78 is 5.34. The van der Waals surface area contributed by atoms with Gasteiger partial charge in [-0.2, -0.15) is 0 Å².